The molecule has 1 aliphatic carbocycles. The molecule has 0 saturated carbocycles. The quantitative estimate of drug-likeness (QED) is 0.180. The fourth-order valence-electron chi connectivity index (χ4n) is 9.69. The number of benzene rings is 7. The SMILES string of the molecule is C1=CC2c3c(c4oc5cc(N6c7ccccc7CCc7ccccc76)ccc5c4c4ccccc34)OC2C=C1N1c2ccccc2CCc2ccccc21. The molecule has 258 valence electrons. The number of anilines is 5. The highest BCUT2D eigenvalue weighted by Gasteiger charge is 2.39. The van der Waals surface area contributed by atoms with E-state index in [9.17, 15) is 0 Å². The number of para-hydroxylation sites is 4. The van der Waals surface area contributed by atoms with Gasteiger partial charge in [-0.1, -0.05) is 103 Å². The smallest absolute Gasteiger partial charge is 0.178 e. The van der Waals surface area contributed by atoms with Crippen LogP contribution in [0.4, 0.5) is 28.4 Å². The summed E-state index contributed by atoms with van der Waals surface area (Å²) in [6.07, 6.45) is 10.9. The predicted octanol–water partition coefficient (Wildman–Crippen LogP) is 12.5. The van der Waals surface area contributed by atoms with Crippen molar-refractivity contribution in [2.24, 2.45) is 0 Å². The van der Waals surface area contributed by atoms with Gasteiger partial charge in [0.25, 0.3) is 0 Å². The molecule has 3 aliphatic heterocycles. The van der Waals surface area contributed by atoms with E-state index in [1.807, 2.05) is 0 Å². The summed E-state index contributed by atoms with van der Waals surface area (Å²) in [6.45, 7) is 0. The summed E-state index contributed by atoms with van der Waals surface area (Å²) < 4.78 is 14.1. The third-order valence-corrected chi connectivity index (χ3v) is 12.1. The van der Waals surface area contributed by atoms with Crippen molar-refractivity contribution in [2.75, 3.05) is 9.80 Å². The van der Waals surface area contributed by atoms with Crippen molar-refractivity contribution >= 4 is 61.1 Å². The van der Waals surface area contributed by atoms with Crippen molar-refractivity contribution in [2.45, 2.75) is 37.7 Å². The first-order valence-corrected chi connectivity index (χ1v) is 19.2. The van der Waals surface area contributed by atoms with E-state index in [4.69, 9.17) is 9.15 Å². The Kier molecular flexibility index (Phi) is 6.38. The molecule has 0 amide bonds. The van der Waals surface area contributed by atoms with Crippen LogP contribution in [-0.2, 0) is 25.7 Å². The average molecular weight is 697 g/mol. The number of furan rings is 1. The van der Waals surface area contributed by atoms with E-state index < -0.39 is 0 Å². The molecule has 0 saturated heterocycles. The van der Waals surface area contributed by atoms with Crippen LogP contribution in [0.1, 0.15) is 33.7 Å². The number of nitrogens with zero attached hydrogens (tertiary/aromatic N) is 2. The maximum Gasteiger partial charge on any atom is 0.178 e. The Balaban J connectivity index is 1.02. The minimum absolute atomic E-state index is 0.0735. The molecule has 0 fully saturated rings. The molecular formula is C50H36N2O2. The summed E-state index contributed by atoms with van der Waals surface area (Å²) in [5.41, 5.74) is 15.5. The van der Waals surface area contributed by atoms with Gasteiger partial charge in [-0.05, 0) is 107 Å². The Labute approximate surface area is 313 Å². The first-order valence-electron chi connectivity index (χ1n) is 19.2. The van der Waals surface area contributed by atoms with Crippen LogP contribution in [-0.4, -0.2) is 6.10 Å². The molecule has 2 unspecified atom stereocenters. The second kappa shape index (κ2) is 11.5. The Hall–Kier alpha value is -6.52. The third kappa shape index (κ3) is 4.31. The lowest BCUT2D eigenvalue weighted by molar-refractivity contribution is 0.267. The Bertz CT molecular complexity index is 2820. The number of allylic oxidation sites excluding steroid dienone is 1. The molecule has 4 nitrogen and oxygen atoms in total. The molecule has 54 heavy (non-hydrogen) atoms. The number of aryl methyl sites for hydroxylation is 4. The van der Waals surface area contributed by atoms with Crippen LogP contribution < -0.4 is 14.5 Å². The van der Waals surface area contributed by atoms with E-state index in [0.29, 0.717) is 0 Å². The summed E-state index contributed by atoms with van der Waals surface area (Å²) in [4.78, 5) is 4.85. The van der Waals surface area contributed by atoms with E-state index in [2.05, 4.69) is 168 Å². The van der Waals surface area contributed by atoms with E-state index in [1.165, 1.54) is 61.3 Å². The van der Waals surface area contributed by atoms with Crippen molar-refractivity contribution in [3.05, 3.63) is 191 Å². The Morgan fingerprint density at radius 2 is 1.06 bits per heavy atom. The molecule has 7 aromatic carbocycles. The molecule has 4 heterocycles. The largest absolute Gasteiger partial charge is 0.481 e. The highest BCUT2D eigenvalue weighted by Crippen LogP contribution is 2.54. The Morgan fingerprint density at radius 3 is 1.67 bits per heavy atom. The van der Waals surface area contributed by atoms with Gasteiger partial charge < -0.3 is 19.0 Å². The fourth-order valence-corrected chi connectivity index (χ4v) is 9.69. The third-order valence-electron chi connectivity index (χ3n) is 12.1. The molecule has 0 N–H and O–H groups in total. The van der Waals surface area contributed by atoms with Crippen molar-refractivity contribution < 1.29 is 9.15 Å². The van der Waals surface area contributed by atoms with E-state index in [0.717, 1.165) is 64.8 Å². The summed E-state index contributed by atoms with van der Waals surface area (Å²) in [6, 6.07) is 50.8. The van der Waals surface area contributed by atoms with Crippen molar-refractivity contribution in [3.63, 3.8) is 0 Å². The molecule has 2 atom stereocenters. The number of rotatable bonds is 2. The maximum atomic E-state index is 7.09. The van der Waals surface area contributed by atoms with Crippen molar-refractivity contribution in [1.29, 1.82) is 0 Å². The molecule has 0 radical (unpaired) electrons. The average Bonchev–Trinajstić information content (AvgIpc) is 3.69. The molecule has 4 heteroatoms. The van der Waals surface area contributed by atoms with E-state index in [-0.39, 0.29) is 12.0 Å². The standard InChI is InChI=1S/C50H36N2O2/c1-7-17-41-31(11-1)21-22-32-12-2-8-18-42(32)51(41)35-25-27-39-45(29-35)53-49-47(39)37-15-5-6-16-38(37)48-40-28-26-36(30-46(40)54-50(48)49)52-43-19-9-3-13-33(43)23-24-34-14-4-10-20-44(34)52/h1-20,25-30,39,45H,21-24H2. The summed E-state index contributed by atoms with van der Waals surface area (Å²) >= 11 is 0. The van der Waals surface area contributed by atoms with Gasteiger partial charge in [0, 0.05) is 62.5 Å². The molecule has 8 aromatic rings. The number of fused-ring (bicyclic) bond motifs is 14. The van der Waals surface area contributed by atoms with E-state index >= 15 is 0 Å². The summed E-state index contributed by atoms with van der Waals surface area (Å²) in [7, 11) is 0. The van der Waals surface area contributed by atoms with Crippen LogP contribution >= 0.6 is 0 Å². The predicted molar refractivity (Wildman–Crippen MR) is 220 cm³/mol. The van der Waals surface area contributed by atoms with Crippen LogP contribution in [0.25, 0.3) is 32.7 Å². The lowest BCUT2D eigenvalue weighted by Gasteiger charge is -2.31. The number of ether oxygens (including phenoxy) is 1. The highest BCUT2D eigenvalue weighted by molar-refractivity contribution is 6.22. The van der Waals surface area contributed by atoms with Crippen LogP contribution in [0.2, 0.25) is 0 Å². The van der Waals surface area contributed by atoms with Gasteiger partial charge in [-0.25, -0.2) is 0 Å². The lowest BCUT2D eigenvalue weighted by Crippen LogP contribution is -2.24. The molecular weight excluding hydrogens is 661 g/mol. The number of hydrogen-bond donors (Lipinski definition) is 0. The zero-order chi connectivity index (χ0) is 35.3. The van der Waals surface area contributed by atoms with Gasteiger partial charge >= 0.3 is 0 Å². The monoisotopic (exact) mass is 696 g/mol. The first-order chi connectivity index (χ1) is 26.8. The molecule has 0 spiro atoms. The van der Waals surface area contributed by atoms with Gasteiger partial charge in [0.2, 0.25) is 0 Å². The van der Waals surface area contributed by atoms with Crippen molar-refractivity contribution in [3.8, 4) is 5.75 Å². The van der Waals surface area contributed by atoms with Gasteiger partial charge in [-0.15, -0.1) is 0 Å². The van der Waals surface area contributed by atoms with Crippen LogP contribution in [0.3, 0.4) is 0 Å². The van der Waals surface area contributed by atoms with E-state index in [1.54, 1.807) is 0 Å². The Morgan fingerprint density at radius 1 is 0.519 bits per heavy atom. The van der Waals surface area contributed by atoms with Crippen molar-refractivity contribution in [1.82, 2.24) is 0 Å². The number of hydrogen-bond acceptors (Lipinski definition) is 4. The minimum atomic E-state index is -0.162. The van der Waals surface area contributed by atoms with Gasteiger partial charge in [-0.2, -0.15) is 0 Å². The molecule has 4 aliphatic rings. The second-order valence-corrected chi connectivity index (χ2v) is 15.0. The first kappa shape index (κ1) is 30.0. The van der Waals surface area contributed by atoms with Crippen LogP contribution in [0.5, 0.6) is 5.75 Å². The zero-order valence-electron chi connectivity index (χ0n) is 29.7. The van der Waals surface area contributed by atoms with Gasteiger partial charge in [0.1, 0.15) is 11.7 Å². The maximum absolute atomic E-state index is 7.09. The fraction of sp³-hybridized carbons (Fsp3) is 0.120. The highest BCUT2D eigenvalue weighted by atomic mass is 16.5. The van der Waals surface area contributed by atoms with Gasteiger partial charge in [-0.3, -0.25) is 0 Å². The van der Waals surface area contributed by atoms with Crippen LogP contribution in [0, 0.1) is 0 Å². The molecule has 0 bridgehead atoms. The molecule has 12 rings (SSSR count). The van der Waals surface area contributed by atoms with Crippen LogP contribution in [0.15, 0.2) is 168 Å². The summed E-state index contributed by atoms with van der Waals surface area (Å²) in [5, 5.41) is 4.64. The zero-order valence-corrected chi connectivity index (χ0v) is 29.7. The topological polar surface area (TPSA) is 28.9 Å². The van der Waals surface area contributed by atoms with Gasteiger partial charge in [0.15, 0.2) is 11.3 Å². The lowest BCUT2D eigenvalue weighted by atomic mass is 9.86. The molecule has 1 aromatic heterocycles. The summed E-state index contributed by atoms with van der Waals surface area (Å²) in [5.74, 6) is 0.935. The normalized spacial score (nSPS) is 18.2. The second-order valence-electron chi connectivity index (χ2n) is 15.0. The van der Waals surface area contributed by atoms with Gasteiger partial charge in [0.05, 0.1) is 0 Å². The minimum Gasteiger partial charge on any atom is -0.481 e.